The first-order valence-electron chi connectivity index (χ1n) is 4.99. The monoisotopic (exact) mass is 198 g/mol. The zero-order valence-electron chi connectivity index (χ0n) is 7.96. The van der Waals surface area contributed by atoms with Gasteiger partial charge in [0.25, 0.3) is 0 Å². The smallest absolute Gasteiger partial charge is 0.127 e. The fourth-order valence-corrected chi connectivity index (χ4v) is 3.09. The fourth-order valence-electron chi connectivity index (χ4n) is 3.09. The third kappa shape index (κ3) is 0.798. The highest BCUT2D eigenvalue weighted by atomic mass is 16.6. The molecule has 14 heavy (non-hydrogen) atoms. The highest BCUT2D eigenvalue weighted by Crippen LogP contribution is 2.59. The van der Waals surface area contributed by atoms with E-state index in [4.69, 9.17) is 9.47 Å². The predicted molar refractivity (Wildman–Crippen MR) is 47.4 cm³/mol. The molecule has 2 fully saturated rings. The second-order valence-corrected chi connectivity index (χ2v) is 4.41. The molecule has 1 saturated carbocycles. The molecule has 0 aromatic heterocycles. The number of hydrogen-bond donors (Lipinski definition) is 2. The topological polar surface area (TPSA) is 62.2 Å². The molecule has 6 atom stereocenters. The molecule has 0 spiro atoms. The van der Waals surface area contributed by atoms with Gasteiger partial charge < -0.3 is 19.7 Å². The van der Waals surface area contributed by atoms with E-state index in [2.05, 4.69) is 0 Å². The molecule has 2 heterocycles. The van der Waals surface area contributed by atoms with Crippen molar-refractivity contribution < 1.29 is 19.7 Å². The molecule has 1 aliphatic carbocycles. The number of fused-ring (bicyclic) bond motifs is 3. The number of aliphatic hydroxyl groups excluding tert-OH is 2. The fraction of sp³-hybridized carbons (Fsp3) is 0.800. The van der Waals surface area contributed by atoms with Crippen LogP contribution in [0.4, 0.5) is 0 Å². The maximum Gasteiger partial charge on any atom is 0.127 e. The van der Waals surface area contributed by atoms with E-state index in [0.717, 1.165) is 0 Å². The minimum absolute atomic E-state index is 0.000648. The molecule has 4 heteroatoms. The van der Waals surface area contributed by atoms with E-state index in [9.17, 15) is 10.2 Å². The molecule has 78 valence electrons. The van der Waals surface area contributed by atoms with Crippen molar-refractivity contribution >= 4 is 0 Å². The summed E-state index contributed by atoms with van der Waals surface area (Å²) in [7, 11) is 0. The standard InChI is InChI=1S/C10H14O4/c1-5-7-6(2-3-13-5)8(12)9-10(7,4-11)14-9/h2-3,5-9,11-12H,4H2,1H3/t5-,6+,7-,8-,9-,10+/m0/s1. The van der Waals surface area contributed by atoms with Crippen molar-refractivity contribution in [1.82, 2.24) is 0 Å². The van der Waals surface area contributed by atoms with Gasteiger partial charge in [0, 0.05) is 11.8 Å². The normalized spacial score (nSPS) is 58.9. The molecule has 0 radical (unpaired) electrons. The average molecular weight is 198 g/mol. The van der Waals surface area contributed by atoms with Gasteiger partial charge in [0.15, 0.2) is 0 Å². The Hall–Kier alpha value is -0.580. The van der Waals surface area contributed by atoms with Crippen LogP contribution in [-0.4, -0.2) is 40.7 Å². The number of rotatable bonds is 1. The molecule has 3 aliphatic rings. The van der Waals surface area contributed by atoms with Gasteiger partial charge in [-0.2, -0.15) is 0 Å². The van der Waals surface area contributed by atoms with Gasteiger partial charge in [0.05, 0.1) is 19.0 Å². The molecular weight excluding hydrogens is 184 g/mol. The average Bonchev–Trinajstić information content (AvgIpc) is 2.87. The molecule has 0 bridgehead atoms. The van der Waals surface area contributed by atoms with Crippen LogP contribution >= 0.6 is 0 Å². The summed E-state index contributed by atoms with van der Waals surface area (Å²) in [6.45, 7) is 1.92. The van der Waals surface area contributed by atoms with E-state index >= 15 is 0 Å². The molecule has 0 aromatic rings. The molecule has 2 N–H and O–H groups in total. The Kier molecular flexibility index (Phi) is 1.56. The van der Waals surface area contributed by atoms with Crippen LogP contribution in [0.2, 0.25) is 0 Å². The van der Waals surface area contributed by atoms with Gasteiger partial charge in [-0.25, -0.2) is 0 Å². The third-order valence-electron chi connectivity index (χ3n) is 3.80. The summed E-state index contributed by atoms with van der Waals surface area (Å²) in [6, 6.07) is 0. The molecule has 0 unspecified atom stereocenters. The number of aliphatic hydroxyl groups is 2. The molecule has 0 amide bonds. The van der Waals surface area contributed by atoms with Gasteiger partial charge in [-0.3, -0.25) is 0 Å². The molecule has 1 saturated heterocycles. The Balaban J connectivity index is 1.98. The molecule has 3 rings (SSSR count). The molecule has 4 nitrogen and oxygen atoms in total. The first-order valence-corrected chi connectivity index (χ1v) is 4.99. The summed E-state index contributed by atoms with van der Waals surface area (Å²) in [6.07, 6.45) is 2.83. The Morgan fingerprint density at radius 3 is 3.00 bits per heavy atom. The molecular formula is C10H14O4. The van der Waals surface area contributed by atoms with E-state index in [1.54, 1.807) is 6.26 Å². The zero-order valence-corrected chi connectivity index (χ0v) is 7.96. The quantitative estimate of drug-likeness (QED) is 0.566. The van der Waals surface area contributed by atoms with Crippen molar-refractivity contribution in [3.63, 3.8) is 0 Å². The lowest BCUT2D eigenvalue weighted by atomic mass is 9.82. The van der Waals surface area contributed by atoms with Gasteiger partial charge in [-0.05, 0) is 13.0 Å². The second-order valence-electron chi connectivity index (χ2n) is 4.41. The zero-order chi connectivity index (χ0) is 9.92. The van der Waals surface area contributed by atoms with Crippen LogP contribution in [0.5, 0.6) is 0 Å². The van der Waals surface area contributed by atoms with Crippen LogP contribution in [0.25, 0.3) is 0 Å². The van der Waals surface area contributed by atoms with Crippen LogP contribution in [0.15, 0.2) is 12.3 Å². The first-order chi connectivity index (χ1) is 6.70. The lowest BCUT2D eigenvalue weighted by molar-refractivity contribution is -0.0390. The van der Waals surface area contributed by atoms with Crippen molar-refractivity contribution in [2.45, 2.75) is 30.8 Å². The highest BCUT2D eigenvalue weighted by molar-refractivity contribution is 5.25. The van der Waals surface area contributed by atoms with Gasteiger partial charge in [-0.1, -0.05) is 0 Å². The maximum atomic E-state index is 9.91. The van der Waals surface area contributed by atoms with Crippen LogP contribution in [0.3, 0.4) is 0 Å². The number of epoxide rings is 1. The van der Waals surface area contributed by atoms with E-state index < -0.39 is 11.7 Å². The summed E-state index contributed by atoms with van der Waals surface area (Å²) in [4.78, 5) is 0. The second kappa shape index (κ2) is 2.51. The largest absolute Gasteiger partial charge is 0.498 e. The van der Waals surface area contributed by atoms with E-state index in [1.165, 1.54) is 0 Å². The third-order valence-corrected chi connectivity index (χ3v) is 3.80. The Morgan fingerprint density at radius 2 is 2.29 bits per heavy atom. The molecule has 2 aliphatic heterocycles. The van der Waals surface area contributed by atoms with E-state index in [-0.39, 0.29) is 30.7 Å². The van der Waals surface area contributed by atoms with Crippen molar-refractivity contribution in [1.29, 1.82) is 0 Å². The van der Waals surface area contributed by atoms with Crippen molar-refractivity contribution in [2.24, 2.45) is 11.8 Å². The van der Waals surface area contributed by atoms with E-state index in [0.29, 0.717) is 0 Å². The summed E-state index contributed by atoms with van der Waals surface area (Å²) in [5, 5.41) is 19.2. The van der Waals surface area contributed by atoms with Crippen LogP contribution in [-0.2, 0) is 9.47 Å². The summed E-state index contributed by atoms with van der Waals surface area (Å²) >= 11 is 0. The lowest BCUT2D eigenvalue weighted by Gasteiger charge is -2.33. The van der Waals surface area contributed by atoms with Crippen molar-refractivity contribution in [3.05, 3.63) is 12.3 Å². The Bertz CT molecular complexity index is 290. The van der Waals surface area contributed by atoms with Crippen LogP contribution < -0.4 is 0 Å². The van der Waals surface area contributed by atoms with Crippen LogP contribution in [0, 0.1) is 11.8 Å². The Labute approximate surface area is 82.1 Å². The lowest BCUT2D eigenvalue weighted by Crippen LogP contribution is -2.40. The SMILES string of the molecule is C[C@@H]1OC=C[C@H]2[C@H](O)[C@@H]3O[C@]3(CO)[C@H]21. The maximum absolute atomic E-state index is 9.91. The van der Waals surface area contributed by atoms with Gasteiger partial charge in [-0.15, -0.1) is 0 Å². The highest BCUT2D eigenvalue weighted by Gasteiger charge is 2.74. The minimum atomic E-state index is -0.533. The first kappa shape index (κ1) is 8.71. The summed E-state index contributed by atoms with van der Waals surface area (Å²) in [5.41, 5.74) is -0.533. The van der Waals surface area contributed by atoms with Crippen LogP contribution in [0.1, 0.15) is 6.92 Å². The number of ether oxygens (including phenoxy) is 2. The van der Waals surface area contributed by atoms with Gasteiger partial charge >= 0.3 is 0 Å². The van der Waals surface area contributed by atoms with Crippen molar-refractivity contribution in [3.8, 4) is 0 Å². The van der Waals surface area contributed by atoms with Gasteiger partial charge in [0.1, 0.15) is 17.8 Å². The molecule has 0 aromatic carbocycles. The summed E-state index contributed by atoms with van der Waals surface area (Å²) in [5.74, 6) is 0.155. The Morgan fingerprint density at radius 1 is 1.50 bits per heavy atom. The van der Waals surface area contributed by atoms with Crippen molar-refractivity contribution in [2.75, 3.05) is 6.61 Å². The predicted octanol–water partition coefficient (Wildman–Crippen LogP) is -0.344. The van der Waals surface area contributed by atoms with Gasteiger partial charge in [0.2, 0.25) is 0 Å². The number of hydrogen-bond acceptors (Lipinski definition) is 4. The van der Waals surface area contributed by atoms with E-state index in [1.807, 2.05) is 13.0 Å². The minimum Gasteiger partial charge on any atom is -0.498 e. The summed E-state index contributed by atoms with van der Waals surface area (Å²) < 4.78 is 10.8.